The van der Waals surface area contributed by atoms with Crippen LogP contribution in [0.1, 0.15) is 65.2 Å². The Bertz CT molecular complexity index is 278. The van der Waals surface area contributed by atoms with Crippen LogP contribution in [0.15, 0.2) is 0 Å². The normalized spacial score (nSPS) is 32.6. The first-order valence-electron chi connectivity index (χ1n) is 7.67. The van der Waals surface area contributed by atoms with E-state index >= 15 is 0 Å². The number of hydrogen-bond acceptors (Lipinski definition) is 2. The summed E-state index contributed by atoms with van der Waals surface area (Å²) in [5.74, 6) is 0.577. The molecule has 2 heterocycles. The minimum Gasteiger partial charge on any atom is -0.393 e. The first-order valence-corrected chi connectivity index (χ1v) is 7.67. The van der Waals surface area contributed by atoms with Crippen LogP contribution in [0.3, 0.4) is 0 Å². The predicted octanol–water partition coefficient (Wildman–Crippen LogP) is 2.72. The molecule has 3 unspecified atom stereocenters. The van der Waals surface area contributed by atoms with Crippen molar-refractivity contribution in [1.29, 1.82) is 0 Å². The molecule has 2 bridgehead atoms. The molecule has 2 rings (SSSR count). The van der Waals surface area contributed by atoms with E-state index in [1.807, 2.05) is 0 Å². The van der Waals surface area contributed by atoms with Gasteiger partial charge in [-0.15, -0.1) is 0 Å². The van der Waals surface area contributed by atoms with Gasteiger partial charge >= 0.3 is 0 Å². The maximum atomic E-state index is 12.6. The second kappa shape index (κ2) is 6.05. The Hall–Kier alpha value is -0.570. The Balaban J connectivity index is 2.00. The lowest BCUT2D eigenvalue weighted by Crippen LogP contribution is -2.50. The van der Waals surface area contributed by atoms with Gasteiger partial charge in [-0.1, -0.05) is 26.7 Å². The molecule has 0 saturated carbocycles. The molecule has 104 valence electrons. The van der Waals surface area contributed by atoms with Crippen molar-refractivity contribution < 1.29 is 9.90 Å². The highest BCUT2D eigenvalue weighted by molar-refractivity contribution is 5.80. The van der Waals surface area contributed by atoms with Crippen LogP contribution >= 0.6 is 0 Å². The largest absolute Gasteiger partial charge is 0.393 e. The quantitative estimate of drug-likeness (QED) is 0.818. The third-order valence-electron chi connectivity index (χ3n) is 4.71. The predicted molar refractivity (Wildman–Crippen MR) is 72.2 cm³/mol. The van der Waals surface area contributed by atoms with Gasteiger partial charge < -0.3 is 10.0 Å². The van der Waals surface area contributed by atoms with Crippen LogP contribution in [0.25, 0.3) is 0 Å². The lowest BCUT2D eigenvalue weighted by Gasteiger charge is -2.39. The molecule has 0 aliphatic carbocycles. The van der Waals surface area contributed by atoms with E-state index in [-0.39, 0.29) is 12.0 Å². The smallest absolute Gasteiger partial charge is 0.226 e. The fourth-order valence-electron chi connectivity index (χ4n) is 3.67. The van der Waals surface area contributed by atoms with E-state index < -0.39 is 0 Å². The zero-order chi connectivity index (χ0) is 13.1. The molecule has 2 aliphatic heterocycles. The van der Waals surface area contributed by atoms with Crippen LogP contribution in [0.4, 0.5) is 0 Å². The number of hydrogen-bond donors (Lipinski definition) is 1. The van der Waals surface area contributed by atoms with Crippen molar-refractivity contribution in [3.8, 4) is 0 Å². The Morgan fingerprint density at radius 2 is 1.89 bits per heavy atom. The summed E-state index contributed by atoms with van der Waals surface area (Å²) in [5.41, 5.74) is 0. The van der Waals surface area contributed by atoms with E-state index in [1.54, 1.807) is 0 Å². The molecule has 0 spiro atoms. The van der Waals surface area contributed by atoms with Gasteiger partial charge in [-0.3, -0.25) is 4.79 Å². The number of nitrogens with zero attached hydrogens (tertiary/aromatic N) is 1. The fraction of sp³-hybridized carbons (Fsp3) is 0.933. The minimum absolute atomic E-state index is 0.178. The summed E-state index contributed by atoms with van der Waals surface area (Å²) in [6.07, 6.45) is 7.91. The van der Waals surface area contributed by atoms with E-state index in [4.69, 9.17) is 0 Å². The van der Waals surface area contributed by atoms with Gasteiger partial charge in [-0.2, -0.15) is 0 Å². The van der Waals surface area contributed by atoms with Gasteiger partial charge in [-0.05, 0) is 38.5 Å². The highest BCUT2D eigenvalue weighted by Gasteiger charge is 2.43. The molecule has 0 aromatic rings. The molecule has 1 amide bonds. The lowest BCUT2D eigenvalue weighted by molar-refractivity contribution is -0.142. The van der Waals surface area contributed by atoms with Crippen molar-refractivity contribution in [3.05, 3.63) is 0 Å². The number of rotatable bonds is 5. The molecule has 2 fully saturated rings. The first kappa shape index (κ1) is 13.9. The average Bonchev–Trinajstić information content (AvgIpc) is 2.62. The highest BCUT2D eigenvalue weighted by atomic mass is 16.3. The van der Waals surface area contributed by atoms with Gasteiger partial charge in [0, 0.05) is 18.0 Å². The number of amides is 1. The third kappa shape index (κ3) is 2.71. The van der Waals surface area contributed by atoms with Crippen molar-refractivity contribution >= 4 is 5.91 Å². The van der Waals surface area contributed by atoms with Crippen molar-refractivity contribution in [3.63, 3.8) is 0 Å². The number of carbonyl (C=O) groups is 1. The summed E-state index contributed by atoms with van der Waals surface area (Å²) in [7, 11) is 0. The zero-order valence-corrected chi connectivity index (χ0v) is 11.8. The molecule has 18 heavy (non-hydrogen) atoms. The van der Waals surface area contributed by atoms with Crippen LogP contribution in [-0.2, 0) is 4.79 Å². The zero-order valence-electron chi connectivity index (χ0n) is 11.8. The summed E-state index contributed by atoms with van der Waals surface area (Å²) in [6.45, 7) is 4.30. The van der Waals surface area contributed by atoms with Gasteiger partial charge in [0.1, 0.15) is 0 Å². The molecule has 0 radical (unpaired) electrons. The van der Waals surface area contributed by atoms with Crippen molar-refractivity contribution in [2.45, 2.75) is 83.4 Å². The number of piperidine rings is 1. The van der Waals surface area contributed by atoms with Gasteiger partial charge in [0.25, 0.3) is 0 Å². The Morgan fingerprint density at radius 1 is 1.28 bits per heavy atom. The van der Waals surface area contributed by atoms with Crippen LogP contribution in [0, 0.1) is 5.92 Å². The summed E-state index contributed by atoms with van der Waals surface area (Å²) >= 11 is 0. The maximum absolute atomic E-state index is 12.6. The molecule has 3 heteroatoms. The number of unbranched alkanes of at least 4 members (excludes halogenated alkanes) is 1. The highest BCUT2D eigenvalue weighted by Crippen LogP contribution is 2.37. The Morgan fingerprint density at radius 3 is 2.39 bits per heavy atom. The van der Waals surface area contributed by atoms with Crippen LogP contribution < -0.4 is 0 Å². The van der Waals surface area contributed by atoms with Crippen molar-refractivity contribution in [2.24, 2.45) is 5.92 Å². The second-order valence-corrected chi connectivity index (χ2v) is 6.00. The van der Waals surface area contributed by atoms with Crippen molar-refractivity contribution in [2.75, 3.05) is 0 Å². The standard InChI is InChI=1S/C15H27NO2/c1-3-5-6-11(4-2)15(18)16-12-7-8-13(16)10-14(17)9-12/h11-14,17H,3-10H2,1-2H3. The first-order chi connectivity index (χ1) is 8.67. The number of aliphatic hydroxyl groups is 1. The number of fused-ring (bicyclic) bond motifs is 2. The SMILES string of the molecule is CCCCC(CC)C(=O)N1C2CCC1CC(O)C2. The summed E-state index contributed by atoms with van der Waals surface area (Å²) in [4.78, 5) is 14.8. The molecule has 3 nitrogen and oxygen atoms in total. The Labute approximate surface area is 111 Å². The van der Waals surface area contributed by atoms with E-state index in [9.17, 15) is 9.90 Å². The monoisotopic (exact) mass is 253 g/mol. The molecule has 1 N–H and O–H groups in total. The molecule has 2 aliphatic rings. The van der Waals surface area contributed by atoms with Gasteiger partial charge in [-0.25, -0.2) is 0 Å². The minimum atomic E-state index is -0.178. The molecular weight excluding hydrogens is 226 g/mol. The molecule has 0 aromatic heterocycles. The van der Waals surface area contributed by atoms with Crippen molar-refractivity contribution in [1.82, 2.24) is 4.90 Å². The fourth-order valence-corrected chi connectivity index (χ4v) is 3.67. The molecule has 2 saturated heterocycles. The van der Waals surface area contributed by atoms with E-state index in [1.165, 1.54) is 0 Å². The van der Waals surface area contributed by atoms with E-state index in [0.717, 1.165) is 51.4 Å². The van der Waals surface area contributed by atoms with Crippen LogP contribution in [0.2, 0.25) is 0 Å². The van der Waals surface area contributed by atoms with E-state index in [0.29, 0.717) is 18.0 Å². The molecular formula is C15H27NO2. The summed E-state index contributed by atoms with van der Waals surface area (Å²) in [6, 6.07) is 0.642. The van der Waals surface area contributed by atoms with Gasteiger partial charge in [0.15, 0.2) is 0 Å². The third-order valence-corrected chi connectivity index (χ3v) is 4.71. The average molecular weight is 253 g/mol. The topological polar surface area (TPSA) is 40.5 Å². The lowest BCUT2D eigenvalue weighted by atomic mass is 9.93. The Kier molecular flexibility index (Phi) is 4.66. The van der Waals surface area contributed by atoms with Gasteiger partial charge in [0.05, 0.1) is 6.10 Å². The maximum Gasteiger partial charge on any atom is 0.226 e. The van der Waals surface area contributed by atoms with Crippen LogP contribution in [0.5, 0.6) is 0 Å². The number of aliphatic hydroxyl groups excluding tert-OH is 1. The van der Waals surface area contributed by atoms with Gasteiger partial charge in [0.2, 0.25) is 5.91 Å². The number of carbonyl (C=O) groups excluding carboxylic acids is 1. The van der Waals surface area contributed by atoms with Crippen LogP contribution in [-0.4, -0.2) is 34.1 Å². The molecule has 0 aromatic carbocycles. The second-order valence-electron chi connectivity index (χ2n) is 6.00. The van der Waals surface area contributed by atoms with E-state index in [2.05, 4.69) is 18.7 Å². The summed E-state index contributed by atoms with van der Waals surface area (Å²) in [5, 5.41) is 9.79. The summed E-state index contributed by atoms with van der Waals surface area (Å²) < 4.78 is 0. The molecule has 3 atom stereocenters.